The molecule has 0 fully saturated rings. The zero-order valence-corrected chi connectivity index (χ0v) is 13.7. The van der Waals surface area contributed by atoms with Crippen LogP contribution in [-0.2, 0) is 6.42 Å². The third kappa shape index (κ3) is 2.92. The van der Waals surface area contributed by atoms with Gasteiger partial charge in [0, 0.05) is 6.42 Å². The molecular formula is C16H16N2O4S. The van der Waals surface area contributed by atoms with Crippen molar-refractivity contribution in [3.63, 3.8) is 0 Å². The number of thiazole rings is 1. The molecule has 2 aromatic rings. The van der Waals surface area contributed by atoms with Crippen LogP contribution in [0.1, 0.15) is 38.6 Å². The van der Waals surface area contributed by atoms with Gasteiger partial charge in [0.25, 0.3) is 5.91 Å². The summed E-state index contributed by atoms with van der Waals surface area (Å²) in [6.45, 7) is 0. The molecule has 1 heterocycles. The van der Waals surface area contributed by atoms with Crippen molar-refractivity contribution in [1.82, 2.24) is 4.98 Å². The number of ether oxygens (including phenoxy) is 2. The van der Waals surface area contributed by atoms with E-state index in [0.717, 1.165) is 18.5 Å². The van der Waals surface area contributed by atoms with E-state index in [1.54, 1.807) is 18.2 Å². The van der Waals surface area contributed by atoms with Gasteiger partial charge in [-0.25, -0.2) is 4.98 Å². The van der Waals surface area contributed by atoms with Gasteiger partial charge in [0.15, 0.2) is 22.4 Å². The Hall–Kier alpha value is -2.41. The van der Waals surface area contributed by atoms with E-state index in [-0.39, 0.29) is 11.7 Å². The minimum atomic E-state index is -0.348. The maximum absolute atomic E-state index is 12.5. The molecule has 1 aromatic heterocycles. The van der Waals surface area contributed by atoms with E-state index in [0.29, 0.717) is 33.5 Å². The zero-order chi connectivity index (χ0) is 16.4. The van der Waals surface area contributed by atoms with Gasteiger partial charge in [-0.15, -0.1) is 0 Å². The average Bonchev–Trinajstić information content (AvgIpc) is 2.97. The molecule has 1 aromatic carbocycles. The van der Waals surface area contributed by atoms with Gasteiger partial charge >= 0.3 is 0 Å². The molecule has 0 radical (unpaired) electrons. The van der Waals surface area contributed by atoms with Crippen molar-refractivity contribution >= 4 is 28.2 Å². The number of carbonyl (C=O) groups is 2. The lowest BCUT2D eigenvalue weighted by Crippen LogP contribution is -2.13. The minimum Gasteiger partial charge on any atom is -0.493 e. The lowest BCUT2D eigenvalue weighted by molar-refractivity contribution is 0.0975. The Labute approximate surface area is 137 Å². The number of methoxy groups -OCH3 is 2. The summed E-state index contributed by atoms with van der Waals surface area (Å²) < 4.78 is 10.5. The minimum absolute atomic E-state index is 0.100. The Bertz CT molecular complexity index is 769. The molecule has 1 aliphatic rings. The molecule has 1 aliphatic carbocycles. The van der Waals surface area contributed by atoms with E-state index in [1.165, 1.54) is 25.6 Å². The number of hydrogen-bond donors (Lipinski definition) is 1. The number of benzene rings is 1. The van der Waals surface area contributed by atoms with E-state index in [9.17, 15) is 9.59 Å². The number of Topliss-reactive ketones (excluding diaryl/α,β-unsaturated/α-hetero) is 1. The highest BCUT2D eigenvalue weighted by molar-refractivity contribution is 7.17. The van der Waals surface area contributed by atoms with Crippen molar-refractivity contribution in [2.75, 3.05) is 19.5 Å². The summed E-state index contributed by atoms with van der Waals surface area (Å²) in [7, 11) is 3.00. The number of carbonyl (C=O) groups excluding carboxylic acids is 2. The third-order valence-corrected chi connectivity index (χ3v) is 4.69. The Morgan fingerprint density at radius 1 is 1.26 bits per heavy atom. The van der Waals surface area contributed by atoms with E-state index < -0.39 is 0 Å². The Kier molecular flexibility index (Phi) is 4.29. The van der Waals surface area contributed by atoms with Crippen LogP contribution < -0.4 is 14.8 Å². The van der Waals surface area contributed by atoms with Gasteiger partial charge in [-0.1, -0.05) is 17.4 Å². The zero-order valence-electron chi connectivity index (χ0n) is 12.8. The van der Waals surface area contributed by atoms with Crippen LogP contribution in [0.2, 0.25) is 0 Å². The molecule has 0 atom stereocenters. The Morgan fingerprint density at radius 2 is 2.09 bits per heavy atom. The van der Waals surface area contributed by atoms with Crippen molar-refractivity contribution < 1.29 is 19.1 Å². The molecule has 120 valence electrons. The van der Waals surface area contributed by atoms with Gasteiger partial charge in [0.1, 0.15) is 0 Å². The van der Waals surface area contributed by atoms with Crippen molar-refractivity contribution in [2.24, 2.45) is 0 Å². The number of para-hydroxylation sites is 1. The lowest BCUT2D eigenvalue weighted by atomic mass is 10.0. The Morgan fingerprint density at radius 3 is 2.78 bits per heavy atom. The first kappa shape index (κ1) is 15.5. The average molecular weight is 332 g/mol. The number of ketones is 1. The summed E-state index contributed by atoms with van der Waals surface area (Å²) in [4.78, 5) is 29.4. The normalized spacial score (nSPS) is 13.4. The van der Waals surface area contributed by atoms with E-state index in [1.807, 2.05) is 0 Å². The second-order valence-electron chi connectivity index (χ2n) is 5.07. The highest BCUT2D eigenvalue weighted by atomic mass is 32.1. The fourth-order valence-corrected chi connectivity index (χ4v) is 3.53. The van der Waals surface area contributed by atoms with Crippen LogP contribution in [0.3, 0.4) is 0 Å². The van der Waals surface area contributed by atoms with Gasteiger partial charge in [-0.2, -0.15) is 0 Å². The van der Waals surface area contributed by atoms with Crippen LogP contribution in [0.25, 0.3) is 0 Å². The SMILES string of the molecule is COc1cccc(C(=O)Nc2nc3c(s2)C(=O)CCC3)c1OC. The first-order chi connectivity index (χ1) is 11.1. The van der Waals surface area contributed by atoms with Gasteiger partial charge in [0.05, 0.1) is 30.4 Å². The number of aryl methyl sites for hydroxylation is 1. The third-order valence-electron chi connectivity index (χ3n) is 3.64. The molecule has 6 nitrogen and oxygen atoms in total. The van der Waals surface area contributed by atoms with E-state index >= 15 is 0 Å². The van der Waals surface area contributed by atoms with Crippen LogP contribution in [-0.4, -0.2) is 30.9 Å². The molecular weight excluding hydrogens is 316 g/mol. The molecule has 0 spiro atoms. The maximum atomic E-state index is 12.5. The number of anilines is 1. The highest BCUT2D eigenvalue weighted by Gasteiger charge is 2.24. The molecule has 1 amide bonds. The maximum Gasteiger partial charge on any atom is 0.261 e. The summed E-state index contributed by atoms with van der Waals surface area (Å²) in [5.74, 6) is 0.598. The van der Waals surface area contributed by atoms with Gasteiger partial charge in [0.2, 0.25) is 0 Å². The first-order valence-corrected chi connectivity index (χ1v) is 8.01. The second kappa shape index (κ2) is 6.37. The number of fused-ring (bicyclic) bond motifs is 1. The first-order valence-electron chi connectivity index (χ1n) is 7.19. The standard InChI is InChI=1S/C16H16N2O4S/c1-21-12-8-3-5-9(13(12)22-2)15(20)18-16-17-10-6-4-7-11(19)14(10)23-16/h3,5,8H,4,6-7H2,1-2H3,(H,17,18,20). The highest BCUT2D eigenvalue weighted by Crippen LogP contribution is 2.33. The number of rotatable bonds is 4. The number of nitrogens with zero attached hydrogens (tertiary/aromatic N) is 1. The molecule has 7 heteroatoms. The Balaban J connectivity index is 1.87. The van der Waals surface area contributed by atoms with Crippen molar-refractivity contribution in [1.29, 1.82) is 0 Å². The number of nitrogens with one attached hydrogen (secondary N) is 1. The van der Waals surface area contributed by atoms with E-state index in [4.69, 9.17) is 9.47 Å². The lowest BCUT2D eigenvalue weighted by Gasteiger charge is -2.11. The number of amides is 1. The van der Waals surface area contributed by atoms with Crippen molar-refractivity contribution in [3.8, 4) is 11.5 Å². The summed E-state index contributed by atoms with van der Waals surface area (Å²) in [6, 6.07) is 5.08. The molecule has 23 heavy (non-hydrogen) atoms. The summed E-state index contributed by atoms with van der Waals surface area (Å²) in [5.41, 5.74) is 1.13. The molecule has 0 aliphatic heterocycles. The summed E-state index contributed by atoms with van der Waals surface area (Å²) >= 11 is 1.23. The van der Waals surface area contributed by atoms with Crippen molar-refractivity contribution in [2.45, 2.75) is 19.3 Å². The van der Waals surface area contributed by atoms with Crippen LogP contribution >= 0.6 is 11.3 Å². The smallest absolute Gasteiger partial charge is 0.261 e. The van der Waals surface area contributed by atoms with Gasteiger partial charge in [-0.05, 0) is 25.0 Å². The molecule has 1 N–H and O–H groups in total. The molecule has 0 bridgehead atoms. The quantitative estimate of drug-likeness (QED) is 0.931. The fraction of sp³-hybridized carbons (Fsp3) is 0.312. The molecule has 0 saturated heterocycles. The fourth-order valence-electron chi connectivity index (χ4n) is 2.55. The van der Waals surface area contributed by atoms with E-state index in [2.05, 4.69) is 10.3 Å². The number of aromatic nitrogens is 1. The van der Waals surface area contributed by atoms with Crippen LogP contribution in [0.15, 0.2) is 18.2 Å². The van der Waals surface area contributed by atoms with Crippen LogP contribution in [0.4, 0.5) is 5.13 Å². The van der Waals surface area contributed by atoms with Crippen molar-refractivity contribution in [3.05, 3.63) is 34.3 Å². The van der Waals surface area contributed by atoms with Crippen LogP contribution in [0, 0.1) is 0 Å². The molecule has 3 rings (SSSR count). The van der Waals surface area contributed by atoms with Gasteiger partial charge in [-0.3, -0.25) is 14.9 Å². The monoisotopic (exact) mass is 332 g/mol. The predicted octanol–water partition coefficient (Wildman–Crippen LogP) is 2.93. The summed E-state index contributed by atoms with van der Waals surface area (Å²) in [6.07, 6.45) is 2.13. The number of hydrogen-bond acceptors (Lipinski definition) is 6. The molecule has 0 saturated carbocycles. The largest absolute Gasteiger partial charge is 0.493 e. The summed E-state index contributed by atoms with van der Waals surface area (Å²) in [5, 5.41) is 3.17. The predicted molar refractivity (Wildman–Crippen MR) is 86.9 cm³/mol. The topological polar surface area (TPSA) is 77.5 Å². The second-order valence-corrected chi connectivity index (χ2v) is 6.07. The van der Waals surface area contributed by atoms with Crippen LogP contribution in [0.5, 0.6) is 11.5 Å². The van der Waals surface area contributed by atoms with Gasteiger partial charge < -0.3 is 9.47 Å². The molecule has 0 unspecified atom stereocenters.